The van der Waals surface area contributed by atoms with Crippen LogP contribution in [-0.4, -0.2) is 18.2 Å². The third-order valence-electron chi connectivity index (χ3n) is 3.24. The molecule has 25 heavy (non-hydrogen) atoms. The standard InChI is InChI=1S/C17H14Cl2F3NOS/c18-13-4-5-14(19)15(9-13)25-10-16(24)23-7-6-11-2-1-3-12(8-11)17(20,21)22/h1-5,8-9H,6-7,10H2,(H,23,24). The molecule has 1 amide bonds. The molecule has 0 heterocycles. The van der Waals surface area contributed by atoms with Gasteiger partial charge in [-0.15, -0.1) is 11.8 Å². The van der Waals surface area contributed by atoms with Crippen molar-refractivity contribution in [3.8, 4) is 0 Å². The molecule has 0 unspecified atom stereocenters. The fourth-order valence-corrected chi connectivity index (χ4v) is 3.35. The summed E-state index contributed by atoms with van der Waals surface area (Å²) >= 11 is 13.1. The summed E-state index contributed by atoms with van der Waals surface area (Å²) in [5, 5.41) is 3.71. The minimum Gasteiger partial charge on any atom is -0.355 e. The molecule has 2 nitrogen and oxygen atoms in total. The van der Waals surface area contributed by atoms with E-state index in [9.17, 15) is 18.0 Å². The zero-order valence-corrected chi connectivity index (χ0v) is 15.2. The van der Waals surface area contributed by atoms with E-state index < -0.39 is 11.7 Å². The van der Waals surface area contributed by atoms with E-state index in [1.807, 2.05) is 0 Å². The number of alkyl halides is 3. The van der Waals surface area contributed by atoms with Gasteiger partial charge in [-0.05, 0) is 36.2 Å². The number of carbonyl (C=O) groups is 1. The van der Waals surface area contributed by atoms with Gasteiger partial charge in [0.05, 0.1) is 16.3 Å². The van der Waals surface area contributed by atoms with E-state index >= 15 is 0 Å². The summed E-state index contributed by atoms with van der Waals surface area (Å²) in [6.07, 6.45) is -4.05. The van der Waals surface area contributed by atoms with Crippen molar-refractivity contribution in [3.05, 3.63) is 63.6 Å². The first-order chi connectivity index (χ1) is 11.8. The van der Waals surface area contributed by atoms with Crippen LogP contribution in [-0.2, 0) is 17.4 Å². The van der Waals surface area contributed by atoms with Gasteiger partial charge in [0.25, 0.3) is 0 Å². The third-order valence-corrected chi connectivity index (χ3v) is 4.97. The molecule has 0 aliphatic carbocycles. The molecule has 0 saturated carbocycles. The van der Waals surface area contributed by atoms with Gasteiger partial charge in [0.1, 0.15) is 0 Å². The van der Waals surface area contributed by atoms with Crippen LogP contribution in [0.15, 0.2) is 47.4 Å². The molecule has 2 aromatic carbocycles. The Morgan fingerprint density at radius 1 is 1.12 bits per heavy atom. The number of hydrogen-bond acceptors (Lipinski definition) is 2. The van der Waals surface area contributed by atoms with E-state index in [2.05, 4.69) is 5.32 Å². The molecule has 0 radical (unpaired) electrons. The molecule has 0 aliphatic rings. The first-order valence-corrected chi connectivity index (χ1v) is 9.00. The molecule has 0 saturated heterocycles. The Morgan fingerprint density at radius 3 is 2.60 bits per heavy atom. The Hall–Kier alpha value is -1.37. The van der Waals surface area contributed by atoms with Gasteiger partial charge < -0.3 is 5.32 Å². The second kappa shape index (κ2) is 8.83. The predicted octanol–water partition coefficient (Wildman–Crippen LogP) is 5.46. The average molecular weight is 408 g/mol. The van der Waals surface area contributed by atoms with Crippen molar-refractivity contribution in [1.29, 1.82) is 0 Å². The molecule has 0 aliphatic heterocycles. The van der Waals surface area contributed by atoms with Crippen LogP contribution >= 0.6 is 35.0 Å². The van der Waals surface area contributed by atoms with Gasteiger partial charge in [-0.3, -0.25) is 4.79 Å². The second-order valence-corrected chi connectivity index (χ2v) is 7.02. The molecule has 1 N–H and O–H groups in total. The largest absolute Gasteiger partial charge is 0.416 e. The van der Waals surface area contributed by atoms with E-state index in [-0.39, 0.29) is 18.2 Å². The Labute approximate surface area is 157 Å². The number of halogens is 5. The summed E-state index contributed by atoms with van der Waals surface area (Å²) in [6.45, 7) is 0.254. The van der Waals surface area contributed by atoms with Crippen molar-refractivity contribution in [2.75, 3.05) is 12.3 Å². The van der Waals surface area contributed by atoms with Gasteiger partial charge >= 0.3 is 6.18 Å². The van der Waals surface area contributed by atoms with E-state index in [0.717, 1.165) is 12.1 Å². The molecule has 2 aromatic rings. The van der Waals surface area contributed by atoms with E-state index in [1.54, 1.807) is 24.3 Å². The van der Waals surface area contributed by atoms with Crippen LogP contribution in [0.3, 0.4) is 0 Å². The van der Waals surface area contributed by atoms with Crippen LogP contribution in [0.5, 0.6) is 0 Å². The fourth-order valence-electron chi connectivity index (χ4n) is 2.03. The molecular formula is C17H14Cl2F3NOS. The molecule has 2 rings (SSSR count). The van der Waals surface area contributed by atoms with Gasteiger partial charge in [-0.25, -0.2) is 0 Å². The monoisotopic (exact) mass is 407 g/mol. The van der Waals surface area contributed by atoms with Crippen LogP contribution < -0.4 is 5.32 Å². The van der Waals surface area contributed by atoms with E-state index in [1.165, 1.54) is 17.8 Å². The molecule has 134 valence electrons. The topological polar surface area (TPSA) is 29.1 Å². The fraction of sp³-hybridized carbons (Fsp3) is 0.235. The van der Waals surface area contributed by atoms with Gasteiger partial charge in [-0.1, -0.05) is 41.4 Å². The first-order valence-electron chi connectivity index (χ1n) is 7.26. The number of rotatable bonds is 6. The summed E-state index contributed by atoms with van der Waals surface area (Å²) in [5.74, 6) is -0.0872. The molecule has 0 atom stereocenters. The minimum absolute atomic E-state index is 0.142. The maximum absolute atomic E-state index is 12.6. The lowest BCUT2D eigenvalue weighted by atomic mass is 10.1. The Bertz CT molecular complexity index is 753. The summed E-state index contributed by atoms with van der Waals surface area (Å²) in [6, 6.07) is 10.0. The highest BCUT2D eigenvalue weighted by Gasteiger charge is 2.30. The quantitative estimate of drug-likeness (QED) is 0.643. The lowest BCUT2D eigenvalue weighted by molar-refractivity contribution is -0.137. The van der Waals surface area contributed by atoms with Crippen molar-refractivity contribution in [2.45, 2.75) is 17.5 Å². The molecule has 0 aromatic heterocycles. The van der Waals surface area contributed by atoms with Gasteiger partial charge in [0, 0.05) is 16.5 Å². The zero-order chi connectivity index (χ0) is 18.4. The molecular weight excluding hydrogens is 394 g/mol. The predicted molar refractivity (Wildman–Crippen MR) is 95.3 cm³/mol. The summed E-state index contributed by atoms with van der Waals surface area (Å²) in [7, 11) is 0. The van der Waals surface area contributed by atoms with Crippen LogP contribution in [0.25, 0.3) is 0 Å². The van der Waals surface area contributed by atoms with E-state index in [4.69, 9.17) is 23.2 Å². The lowest BCUT2D eigenvalue weighted by Crippen LogP contribution is -2.27. The maximum Gasteiger partial charge on any atom is 0.416 e. The summed E-state index contributed by atoms with van der Waals surface area (Å²) in [5.41, 5.74) is -0.178. The normalized spacial score (nSPS) is 11.4. The van der Waals surface area contributed by atoms with Crippen LogP contribution in [0, 0.1) is 0 Å². The smallest absolute Gasteiger partial charge is 0.355 e. The zero-order valence-electron chi connectivity index (χ0n) is 12.9. The number of nitrogens with one attached hydrogen (secondary N) is 1. The highest BCUT2D eigenvalue weighted by molar-refractivity contribution is 8.00. The number of thioether (sulfide) groups is 1. The van der Waals surface area contributed by atoms with Crippen molar-refractivity contribution in [3.63, 3.8) is 0 Å². The number of carbonyl (C=O) groups excluding carboxylic acids is 1. The summed E-state index contributed by atoms with van der Waals surface area (Å²) < 4.78 is 37.9. The van der Waals surface area contributed by atoms with Crippen molar-refractivity contribution < 1.29 is 18.0 Å². The van der Waals surface area contributed by atoms with Crippen molar-refractivity contribution in [1.82, 2.24) is 5.32 Å². The van der Waals surface area contributed by atoms with Gasteiger partial charge in [-0.2, -0.15) is 13.2 Å². The maximum atomic E-state index is 12.6. The average Bonchev–Trinajstić information content (AvgIpc) is 2.55. The lowest BCUT2D eigenvalue weighted by Gasteiger charge is -2.09. The number of benzene rings is 2. The first kappa shape index (κ1) is 19.9. The van der Waals surface area contributed by atoms with Crippen molar-refractivity contribution >= 4 is 40.9 Å². The van der Waals surface area contributed by atoms with Crippen LogP contribution in [0.1, 0.15) is 11.1 Å². The Morgan fingerprint density at radius 2 is 1.88 bits per heavy atom. The SMILES string of the molecule is O=C(CSc1cc(Cl)ccc1Cl)NCCc1cccc(C(F)(F)F)c1. The van der Waals surface area contributed by atoms with Gasteiger partial charge in [0.15, 0.2) is 0 Å². The third kappa shape index (κ3) is 6.45. The Balaban J connectivity index is 1.80. The second-order valence-electron chi connectivity index (χ2n) is 5.16. The molecule has 0 spiro atoms. The Kier molecular flexibility index (Phi) is 7.04. The van der Waals surface area contributed by atoms with E-state index in [0.29, 0.717) is 26.9 Å². The highest BCUT2D eigenvalue weighted by Crippen LogP contribution is 2.30. The number of amides is 1. The molecule has 0 fully saturated rings. The molecule has 8 heteroatoms. The van der Waals surface area contributed by atoms with Crippen LogP contribution in [0.4, 0.5) is 13.2 Å². The van der Waals surface area contributed by atoms with Gasteiger partial charge in [0.2, 0.25) is 5.91 Å². The highest BCUT2D eigenvalue weighted by atomic mass is 35.5. The molecule has 0 bridgehead atoms. The minimum atomic E-state index is -4.37. The summed E-state index contributed by atoms with van der Waals surface area (Å²) in [4.78, 5) is 12.5. The van der Waals surface area contributed by atoms with Crippen LogP contribution in [0.2, 0.25) is 10.0 Å². The number of hydrogen-bond donors (Lipinski definition) is 1. The van der Waals surface area contributed by atoms with Crippen molar-refractivity contribution in [2.24, 2.45) is 0 Å².